The first-order valence-corrected chi connectivity index (χ1v) is 8.89. The zero-order chi connectivity index (χ0) is 17.6. The van der Waals surface area contributed by atoms with Gasteiger partial charge in [0.1, 0.15) is 12.4 Å². The summed E-state index contributed by atoms with van der Waals surface area (Å²) in [6.07, 6.45) is 0. The van der Waals surface area contributed by atoms with Crippen LogP contribution in [0.3, 0.4) is 0 Å². The molecule has 0 bridgehead atoms. The van der Waals surface area contributed by atoms with E-state index in [1.165, 1.54) is 0 Å². The van der Waals surface area contributed by atoms with Gasteiger partial charge in [0.2, 0.25) is 0 Å². The van der Waals surface area contributed by atoms with Gasteiger partial charge in [0, 0.05) is 22.3 Å². The summed E-state index contributed by atoms with van der Waals surface area (Å²) < 4.78 is 5.78. The number of rotatable bonds is 6. The monoisotopic (exact) mass is 391 g/mol. The molecule has 0 atom stereocenters. The third-order valence-corrected chi connectivity index (χ3v) is 4.44. The Bertz CT molecular complexity index is 833. The van der Waals surface area contributed by atoms with Crippen LogP contribution in [0.15, 0.2) is 66.7 Å². The SMILES string of the molecule is Clc1ccc(COc2ccc(CNc3ccc(Cl)cc3)cc2Cl)cc1. The fraction of sp³-hybridized carbons (Fsp3) is 0.100. The molecule has 128 valence electrons. The first-order valence-electron chi connectivity index (χ1n) is 7.75. The van der Waals surface area contributed by atoms with Gasteiger partial charge in [-0.3, -0.25) is 0 Å². The average molecular weight is 393 g/mol. The predicted molar refractivity (Wildman–Crippen MR) is 106 cm³/mol. The molecule has 5 heteroatoms. The molecular formula is C20H16Cl3NO. The highest BCUT2D eigenvalue weighted by Gasteiger charge is 2.04. The summed E-state index contributed by atoms with van der Waals surface area (Å²) in [4.78, 5) is 0. The minimum Gasteiger partial charge on any atom is -0.487 e. The molecule has 0 aliphatic rings. The number of hydrogen-bond acceptors (Lipinski definition) is 2. The third kappa shape index (κ3) is 5.30. The number of benzene rings is 3. The van der Waals surface area contributed by atoms with E-state index in [1.54, 1.807) is 0 Å². The van der Waals surface area contributed by atoms with Gasteiger partial charge in [0.05, 0.1) is 5.02 Å². The van der Waals surface area contributed by atoms with Gasteiger partial charge in [-0.2, -0.15) is 0 Å². The van der Waals surface area contributed by atoms with E-state index >= 15 is 0 Å². The van der Waals surface area contributed by atoms with Crippen LogP contribution in [0.5, 0.6) is 5.75 Å². The topological polar surface area (TPSA) is 21.3 Å². The summed E-state index contributed by atoms with van der Waals surface area (Å²) >= 11 is 18.1. The zero-order valence-electron chi connectivity index (χ0n) is 13.3. The normalized spacial score (nSPS) is 10.5. The molecule has 0 saturated heterocycles. The summed E-state index contributed by atoms with van der Waals surface area (Å²) in [7, 11) is 0. The first kappa shape index (κ1) is 17.9. The lowest BCUT2D eigenvalue weighted by Crippen LogP contribution is -2.00. The lowest BCUT2D eigenvalue weighted by molar-refractivity contribution is 0.306. The van der Waals surface area contributed by atoms with Crippen molar-refractivity contribution in [1.82, 2.24) is 0 Å². The van der Waals surface area contributed by atoms with Crippen molar-refractivity contribution < 1.29 is 4.74 Å². The van der Waals surface area contributed by atoms with Crippen molar-refractivity contribution in [2.75, 3.05) is 5.32 Å². The molecule has 0 aliphatic heterocycles. The van der Waals surface area contributed by atoms with Crippen molar-refractivity contribution in [2.45, 2.75) is 13.2 Å². The highest BCUT2D eigenvalue weighted by Crippen LogP contribution is 2.27. The molecule has 0 radical (unpaired) electrons. The van der Waals surface area contributed by atoms with Crippen molar-refractivity contribution >= 4 is 40.5 Å². The lowest BCUT2D eigenvalue weighted by Gasteiger charge is -2.11. The summed E-state index contributed by atoms with van der Waals surface area (Å²) in [6, 6.07) is 20.9. The molecule has 25 heavy (non-hydrogen) atoms. The van der Waals surface area contributed by atoms with Crippen LogP contribution in [0, 0.1) is 0 Å². The van der Waals surface area contributed by atoms with Crippen LogP contribution in [0.2, 0.25) is 15.1 Å². The highest BCUT2D eigenvalue weighted by molar-refractivity contribution is 6.32. The number of nitrogens with one attached hydrogen (secondary N) is 1. The Hall–Kier alpha value is -1.87. The van der Waals surface area contributed by atoms with E-state index in [1.807, 2.05) is 66.7 Å². The molecule has 1 N–H and O–H groups in total. The lowest BCUT2D eigenvalue weighted by atomic mass is 10.2. The zero-order valence-corrected chi connectivity index (χ0v) is 15.6. The summed E-state index contributed by atoms with van der Waals surface area (Å²) in [5.41, 5.74) is 3.11. The first-order chi connectivity index (χ1) is 12.1. The Morgan fingerprint density at radius 1 is 0.720 bits per heavy atom. The largest absolute Gasteiger partial charge is 0.487 e. The predicted octanol–water partition coefficient (Wildman–Crippen LogP) is 6.84. The van der Waals surface area contributed by atoms with Crippen LogP contribution < -0.4 is 10.1 Å². The fourth-order valence-corrected chi connectivity index (χ4v) is 2.79. The van der Waals surface area contributed by atoms with Crippen molar-refractivity contribution in [2.24, 2.45) is 0 Å². The Labute approximate surface area is 162 Å². The smallest absolute Gasteiger partial charge is 0.138 e. The molecule has 2 nitrogen and oxygen atoms in total. The number of halogens is 3. The molecule has 0 fully saturated rings. The van der Waals surface area contributed by atoms with Crippen LogP contribution in [0.1, 0.15) is 11.1 Å². The van der Waals surface area contributed by atoms with E-state index in [4.69, 9.17) is 39.5 Å². The van der Waals surface area contributed by atoms with Crippen LogP contribution >= 0.6 is 34.8 Å². The molecule has 0 unspecified atom stereocenters. The van der Waals surface area contributed by atoms with Gasteiger partial charge in [-0.05, 0) is 59.7 Å². The number of hydrogen-bond donors (Lipinski definition) is 1. The second kappa shape index (κ2) is 8.48. The van der Waals surface area contributed by atoms with Crippen LogP contribution in [0.25, 0.3) is 0 Å². The van der Waals surface area contributed by atoms with Crippen LogP contribution in [-0.2, 0) is 13.2 Å². The Morgan fingerprint density at radius 3 is 1.96 bits per heavy atom. The van der Waals surface area contributed by atoms with Crippen molar-refractivity contribution in [3.8, 4) is 5.75 Å². The molecule has 3 rings (SSSR count). The molecule has 0 amide bonds. The van der Waals surface area contributed by atoms with Gasteiger partial charge in [0.25, 0.3) is 0 Å². The standard InChI is InChI=1S/C20H16Cl3NO/c21-16-4-1-14(2-5-16)13-25-20-10-3-15(11-19(20)23)12-24-18-8-6-17(22)7-9-18/h1-11,24H,12-13H2. The molecule has 3 aromatic rings. The van der Waals surface area contributed by atoms with Crippen LogP contribution in [0.4, 0.5) is 5.69 Å². The van der Waals surface area contributed by atoms with Gasteiger partial charge in [0.15, 0.2) is 0 Å². The fourth-order valence-electron chi connectivity index (χ4n) is 2.28. The minimum atomic E-state index is 0.444. The maximum atomic E-state index is 6.33. The van der Waals surface area contributed by atoms with Crippen LogP contribution in [-0.4, -0.2) is 0 Å². The van der Waals surface area contributed by atoms with E-state index in [2.05, 4.69) is 5.32 Å². The molecule has 0 aliphatic carbocycles. The third-order valence-electron chi connectivity index (χ3n) is 3.64. The van der Waals surface area contributed by atoms with Gasteiger partial charge < -0.3 is 10.1 Å². The van der Waals surface area contributed by atoms with E-state index in [0.717, 1.165) is 21.8 Å². The number of ether oxygens (including phenoxy) is 1. The van der Waals surface area contributed by atoms with Crippen molar-refractivity contribution in [3.05, 3.63) is 92.9 Å². The molecule has 0 aromatic heterocycles. The quantitative estimate of drug-likeness (QED) is 0.496. The average Bonchev–Trinajstić information content (AvgIpc) is 2.62. The van der Waals surface area contributed by atoms with E-state index in [-0.39, 0.29) is 0 Å². The molecule has 3 aromatic carbocycles. The van der Waals surface area contributed by atoms with E-state index in [0.29, 0.717) is 28.9 Å². The van der Waals surface area contributed by atoms with Gasteiger partial charge >= 0.3 is 0 Å². The highest BCUT2D eigenvalue weighted by atomic mass is 35.5. The Kier molecular flexibility index (Phi) is 6.09. The summed E-state index contributed by atoms with van der Waals surface area (Å²) in [5, 5.41) is 5.34. The molecule has 0 heterocycles. The van der Waals surface area contributed by atoms with Gasteiger partial charge in [-0.25, -0.2) is 0 Å². The van der Waals surface area contributed by atoms with E-state index < -0.39 is 0 Å². The molecule has 0 saturated carbocycles. The van der Waals surface area contributed by atoms with Crippen molar-refractivity contribution in [1.29, 1.82) is 0 Å². The maximum absolute atomic E-state index is 6.33. The summed E-state index contributed by atoms with van der Waals surface area (Å²) in [5.74, 6) is 0.659. The maximum Gasteiger partial charge on any atom is 0.138 e. The molecule has 0 spiro atoms. The van der Waals surface area contributed by atoms with E-state index in [9.17, 15) is 0 Å². The van der Waals surface area contributed by atoms with Crippen molar-refractivity contribution in [3.63, 3.8) is 0 Å². The Morgan fingerprint density at radius 2 is 1.32 bits per heavy atom. The number of anilines is 1. The van der Waals surface area contributed by atoms with Gasteiger partial charge in [-0.15, -0.1) is 0 Å². The second-order valence-electron chi connectivity index (χ2n) is 5.54. The Balaban J connectivity index is 1.58. The minimum absolute atomic E-state index is 0.444. The summed E-state index contributed by atoms with van der Waals surface area (Å²) in [6.45, 7) is 1.11. The van der Waals surface area contributed by atoms with Gasteiger partial charge in [-0.1, -0.05) is 53.0 Å². The molecular weight excluding hydrogens is 377 g/mol. The second-order valence-corrected chi connectivity index (χ2v) is 6.82.